The van der Waals surface area contributed by atoms with E-state index >= 15 is 0 Å². The lowest BCUT2D eigenvalue weighted by molar-refractivity contribution is 0.272. The lowest BCUT2D eigenvalue weighted by Crippen LogP contribution is -2.31. The minimum Gasteiger partial charge on any atom is -0.492 e. The highest BCUT2D eigenvalue weighted by molar-refractivity contribution is 5.30. The van der Waals surface area contributed by atoms with Crippen LogP contribution in [0.4, 0.5) is 0 Å². The standard InChI is InChI=1S/C19H25NO/c1-14-5-9-19(10-6-14)21-13-17(4)20-12-18-8-7-15(2)16(3)11-18/h5-11,17,20H,12-13H2,1-4H3. The molecule has 1 unspecified atom stereocenters. The van der Waals surface area contributed by atoms with E-state index < -0.39 is 0 Å². The highest BCUT2D eigenvalue weighted by Crippen LogP contribution is 2.12. The number of rotatable bonds is 6. The molecule has 0 bridgehead atoms. The summed E-state index contributed by atoms with van der Waals surface area (Å²) < 4.78 is 5.79. The molecule has 1 N–H and O–H groups in total. The van der Waals surface area contributed by atoms with Crippen LogP contribution in [0.1, 0.15) is 29.2 Å². The van der Waals surface area contributed by atoms with Crippen LogP contribution < -0.4 is 10.1 Å². The fraction of sp³-hybridized carbons (Fsp3) is 0.368. The number of hydrogen-bond donors (Lipinski definition) is 1. The van der Waals surface area contributed by atoms with E-state index in [4.69, 9.17) is 4.74 Å². The number of aryl methyl sites for hydroxylation is 3. The molecular formula is C19H25NO. The van der Waals surface area contributed by atoms with E-state index in [1.54, 1.807) is 0 Å². The van der Waals surface area contributed by atoms with Crippen molar-refractivity contribution in [1.82, 2.24) is 5.32 Å². The zero-order chi connectivity index (χ0) is 15.2. The summed E-state index contributed by atoms with van der Waals surface area (Å²) in [6, 6.07) is 15.1. The van der Waals surface area contributed by atoms with Crippen molar-refractivity contribution in [2.24, 2.45) is 0 Å². The van der Waals surface area contributed by atoms with Gasteiger partial charge in [0.1, 0.15) is 12.4 Å². The van der Waals surface area contributed by atoms with E-state index in [1.165, 1.54) is 22.3 Å². The Bertz CT molecular complexity index is 575. The summed E-state index contributed by atoms with van der Waals surface area (Å²) in [5.74, 6) is 0.931. The summed E-state index contributed by atoms with van der Waals surface area (Å²) in [6.45, 7) is 10.1. The largest absolute Gasteiger partial charge is 0.492 e. The molecule has 0 fully saturated rings. The minimum atomic E-state index is 0.313. The predicted octanol–water partition coefficient (Wildman–Crippen LogP) is 4.17. The molecule has 0 aliphatic rings. The van der Waals surface area contributed by atoms with Gasteiger partial charge in [-0.05, 0) is 56.5 Å². The van der Waals surface area contributed by atoms with Gasteiger partial charge in [0, 0.05) is 12.6 Å². The first kappa shape index (κ1) is 15.6. The van der Waals surface area contributed by atoms with Crippen molar-refractivity contribution in [3.63, 3.8) is 0 Å². The lowest BCUT2D eigenvalue weighted by atomic mass is 10.1. The molecule has 0 amide bonds. The summed E-state index contributed by atoms with van der Waals surface area (Å²) in [4.78, 5) is 0. The molecule has 2 nitrogen and oxygen atoms in total. The molecule has 2 heteroatoms. The highest BCUT2D eigenvalue weighted by atomic mass is 16.5. The van der Waals surface area contributed by atoms with Gasteiger partial charge in [-0.3, -0.25) is 0 Å². The van der Waals surface area contributed by atoms with Crippen LogP contribution in [0, 0.1) is 20.8 Å². The van der Waals surface area contributed by atoms with Crippen LogP contribution in [0.2, 0.25) is 0 Å². The zero-order valence-electron chi connectivity index (χ0n) is 13.4. The molecule has 21 heavy (non-hydrogen) atoms. The first-order valence-electron chi connectivity index (χ1n) is 7.53. The van der Waals surface area contributed by atoms with E-state index in [9.17, 15) is 0 Å². The van der Waals surface area contributed by atoms with Gasteiger partial charge in [0.15, 0.2) is 0 Å². The molecule has 112 valence electrons. The molecule has 0 saturated heterocycles. The Labute approximate surface area is 128 Å². The first-order valence-corrected chi connectivity index (χ1v) is 7.53. The van der Waals surface area contributed by atoms with E-state index in [-0.39, 0.29) is 0 Å². The van der Waals surface area contributed by atoms with Crippen molar-refractivity contribution in [1.29, 1.82) is 0 Å². The number of nitrogens with one attached hydrogen (secondary N) is 1. The van der Waals surface area contributed by atoms with Crippen molar-refractivity contribution in [3.05, 3.63) is 64.7 Å². The Morgan fingerprint density at radius 1 is 0.952 bits per heavy atom. The average molecular weight is 283 g/mol. The molecule has 1 atom stereocenters. The maximum absolute atomic E-state index is 5.79. The van der Waals surface area contributed by atoms with Crippen molar-refractivity contribution in [3.8, 4) is 5.75 Å². The van der Waals surface area contributed by atoms with Gasteiger partial charge in [-0.1, -0.05) is 35.9 Å². The molecule has 0 radical (unpaired) electrons. The molecule has 2 rings (SSSR count). The molecule has 0 aliphatic heterocycles. The van der Waals surface area contributed by atoms with Crippen LogP contribution in [0.3, 0.4) is 0 Å². The van der Waals surface area contributed by atoms with Crippen LogP contribution in [0.25, 0.3) is 0 Å². The SMILES string of the molecule is Cc1ccc(OCC(C)NCc2ccc(C)c(C)c2)cc1. The second-order valence-corrected chi connectivity index (χ2v) is 5.82. The Balaban J connectivity index is 1.77. The van der Waals surface area contributed by atoms with Gasteiger partial charge in [-0.2, -0.15) is 0 Å². The summed E-state index contributed by atoms with van der Waals surface area (Å²) in [7, 11) is 0. The smallest absolute Gasteiger partial charge is 0.119 e. The Kier molecular flexibility index (Phi) is 5.40. The fourth-order valence-corrected chi connectivity index (χ4v) is 2.12. The van der Waals surface area contributed by atoms with E-state index in [1.807, 2.05) is 12.1 Å². The average Bonchev–Trinajstić information content (AvgIpc) is 2.48. The molecule has 0 saturated carbocycles. The number of ether oxygens (including phenoxy) is 1. The van der Waals surface area contributed by atoms with Gasteiger partial charge in [0.05, 0.1) is 0 Å². The van der Waals surface area contributed by atoms with E-state index in [2.05, 4.69) is 63.3 Å². The van der Waals surface area contributed by atoms with Gasteiger partial charge >= 0.3 is 0 Å². The monoisotopic (exact) mass is 283 g/mol. The normalized spacial score (nSPS) is 12.2. The molecule has 0 heterocycles. The lowest BCUT2D eigenvalue weighted by Gasteiger charge is -2.15. The van der Waals surface area contributed by atoms with Gasteiger partial charge in [-0.15, -0.1) is 0 Å². The quantitative estimate of drug-likeness (QED) is 0.859. The van der Waals surface area contributed by atoms with Crippen LogP contribution >= 0.6 is 0 Å². The number of benzene rings is 2. The third-order valence-corrected chi connectivity index (χ3v) is 3.75. The Hall–Kier alpha value is -1.80. The first-order chi connectivity index (χ1) is 10.0. The third kappa shape index (κ3) is 4.91. The van der Waals surface area contributed by atoms with Gasteiger partial charge in [-0.25, -0.2) is 0 Å². The summed E-state index contributed by atoms with van der Waals surface area (Å²) >= 11 is 0. The van der Waals surface area contributed by atoms with Crippen LogP contribution in [-0.2, 0) is 6.54 Å². The maximum Gasteiger partial charge on any atom is 0.119 e. The molecule has 2 aromatic rings. The molecule has 0 spiro atoms. The van der Waals surface area contributed by atoms with Crippen molar-refractivity contribution in [2.75, 3.05) is 6.61 Å². The summed E-state index contributed by atoms with van der Waals surface area (Å²) in [6.07, 6.45) is 0. The van der Waals surface area contributed by atoms with Gasteiger partial charge < -0.3 is 10.1 Å². The highest BCUT2D eigenvalue weighted by Gasteiger charge is 2.04. The molecule has 0 aliphatic carbocycles. The number of hydrogen-bond acceptors (Lipinski definition) is 2. The molecule has 0 aromatic heterocycles. The Morgan fingerprint density at radius 2 is 1.67 bits per heavy atom. The van der Waals surface area contributed by atoms with Crippen LogP contribution in [0.5, 0.6) is 5.75 Å². The van der Waals surface area contributed by atoms with Gasteiger partial charge in [0.25, 0.3) is 0 Å². The predicted molar refractivity (Wildman–Crippen MR) is 88.9 cm³/mol. The summed E-state index contributed by atoms with van der Waals surface area (Å²) in [5.41, 5.74) is 5.26. The van der Waals surface area contributed by atoms with Crippen molar-refractivity contribution in [2.45, 2.75) is 40.3 Å². The van der Waals surface area contributed by atoms with Crippen molar-refractivity contribution >= 4 is 0 Å². The molecule has 2 aromatic carbocycles. The van der Waals surface area contributed by atoms with E-state index in [0.29, 0.717) is 12.6 Å². The second kappa shape index (κ2) is 7.28. The van der Waals surface area contributed by atoms with Gasteiger partial charge in [0.2, 0.25) is 0 Å². The maximum atomic E-state index is 5.79. The van der Waals surface area contributed by atoms with Crippen LogP contribution in [0.15, 0.2) is 42.5 Å². The van der Waals surface area contributed by atoms with Crippen LogP contribution in [-0.4, -0.2) is 12.6 Å². The fourth-order valence-electron chi connectivity index (χ4n) is 2.12. The topological polar surface area (TPSA) is 21.3 Å². The zero-order valence-corrected chi connectivity index (χ0v) is 13.4. The second-order valence-electron chi connectivity index (χ2n) is 5.82. The van der Waals surface area contributed by atoms with Crippen molar-refractivity contribution < 1.29 is 4.74 Å². The van der Waals surface area contributed by atoms with E-state index in [0.717, 1.165) is 12.3 Å². The Morgan fingerprint density at radius 3 is 2.33 bits per heavy atom. The minimum absolute atomic E-state index is 0.313. The molecular weight excluding hydrogens is 258 g/mol. The third-order valence-electron chi connectivity index (χ3n) is 3.75. The summed E-state index contributed by atoms with van der Waals surface area (Å²) in [5, 5.41) is 3.50.